The number of pyridine rings is 1. The molecule has 0 aliphatic carbocycles. The Morgan fingerprint density at radius 3 is 2.52 bits per heavy atom. The van der Waals surface area contributed by atoms with Gasteiger partial charge in [0.25, 0.3) is 5.69 Å². The van der Waals surface area contributed by atoms with Crippen LogP contribution in [0.3, 0.4) is 0 Å². The van der Waals surface area contributed by atoms with E-state index in [1.165, 1.54) is 41.8 Å². The third-order valence-corrected chi connectivity index (χ3v) is 8.52. The largest absolute Gasteiger partial charge is 0.573 e. The summed E-state index contributed by atoms with van der Waals surface area (Å²) in [5.74, 6) is 0.910. The van der Waals surface area contributed by atoms with E-state index in [9.17, 15) is 13.2 Å². The summed E-state index contributed by atoms with van der Waals surface area (Å²) in [7, 11) is 1.67. The minimum absolute atomic E-state index is 0.186. The molecule has 3 atom stereocenters. The maximum atomic E-state index is 11.5. The molecule has 2 aromatic carbocycles. The van der Waals surface area contributed by atoms with Crippen molar-refractivity contribution in [2.45, 2.75) is 63.6 Å². The molecule has 0 saturated carbocycles. The molecule has 0 amide bonds. The van der Waals surface area contributed by atoms with E-state index in [0.717, 1.165) is 37.3 Å². The molecule has 1 spiro atoms. The fourth-order valence-electron chi connectivity index (χ4n) is 5.38. The monoisotopic (exact) mass is 595 g/mol. The number of hydrogen-bond donors (Lipinski definition) is 0. The highest BCUT2D eigenvalue weighted by atomic mass is 35.5. The lowest BCUT2D eigenvalue weighted by molar-refractivity contribution is -0.892. The Bertz CT molecular complexity index is 1250. The summed E-state index contributed by atoms with van der Waals surface area (Å²) in [6.45, 7) is 5.60. The van der Waals surface area contributed by atoms with Crippen LogP contribution in [0.15, 0.2) is 72.9 Å². The third kappa shape index (κ3) is 7.43. The fraction of sp³-hybridized carbons (Fsp3) is 0.433. The van der Waals surface area contributed by atoms with Gasteiger partial charge in [-0.25, -0.2) is 4.31 Å². The maximum Gasteiger partial charge on any atom is 0.573 e. The van der Waals surface area contributed by atoms with Crippen molar-refractivity contribution in [1.29, 1.82) is 0 Å². The predicted octanol–water partition coefficient (Wildman–Crippen LogP) is 7.52. The molecule has 0 bridgehead atoms. The van der Waals surface area contributed by atoms with Gasteiger partial charge in [-0.2, -0.15) is 0 Å². The van der Waals surface area contributed by atoms with Gasteiger partial charge in [-0.15, -0.1) is 13.2 Å². The van der Waals surface area contributed by atoms with E-state index >= 15 is 0 Å². The average Bonchev–Trinajstić information content (AvgIpc) is 3.25. The van der Waals surface area contributed by atoms with Gasteiger partial charge in [-0.3, -0.25) is 4.84 Å². The Morgan fingerprint density at radius 2 is 1.82 bits per heavy atom. The first-order valence-electron chi connectivity index (χ1n) is 13.4. The van der Waals surface area contributed by atoms with Gasteiger partial charge in [0.1, 0.15) is 12.9 Å². The van der Waals surface area contributed by atoms with E-state index in [-0.39, 0.29) is 17.5 Å². The van der Waals surface area contributed by atoms with E-state index < -0.39 is 6.36 Å². The van der Waals surface area contributed by atoms with Crippen LogP contribution in [-0.4, -0.2) is 36.1 Å². The zero-order chi connectivity index (χ0) is 28.8. The van der Waals surface area contributed by atoms with Gasteiger partial charge < -0.3 is 9.47 Å². The van der Waals surface area contributed by atoms with Crippen LogP contribution < -0.4 is 14.3 Å². The number of nitrogens with zero attached hydrogens (tertiary/aromatic N) is 2. The standard InChI is InChI=1S/C23H30ClN2O2S.C7H5F3O/c1-4-29-26-15-13-23(12-7-8-17(26)2)20-10-6-5-9-19(20)22(28-23)21-16-18(24)11-14-25(21)27-3;8-7(9,10)11-6-4-2-1-3-5-6/h5-6,9-11,14,16-17,22H,4,7-8,12-13,15H2,1-3H3;1-5H/q+1;. The fourth-order valence-corrected chi connectivity index (χ4v) is 6.46. The van der Waals surface area contributed by atoms with Crippen molar-refractivity contribution in [3.8, 4) is 5.75 Å². The molecule has 1 fully saturated rings. The van der Waals surface area contributed by atoms with E-state index in [2.05, 4.69) is 47.2 Å². The molecular formula is C30H35ClF3N2O3S+. The van der Waals surface area contributed by atoms with Gasteiger partial charge in [-0.05, 0) is 55.9 Å². The van der Waals surface area contributed by atoms with Crippen LogP contribution in [0.1, 0.15) is 62.5 Å². The van der Waals surface area contributed by atoms with Crippen molar-refractivity contribution in [3.63, 3.8) is 0 Å². The molecule has 5 rings (SSSR count). The van der Waals surface area contributed by atoms with Crippen molar-refractivity contribution in [1.82, 2.24) is 4.31 Å². The Labute approximate surface area is 243 Å². The van der Waals surface area contributed by atoms with Crippen molar-refractivity contribution in [2.24, 2.45) is 0 Å². The number of fused-ring (bicyclic) bond motifs is 2. The molecular weight excluding hydrogens is 561 g/mol. The summed E-state index contributed by atoms with van der Waals surface area (Å²) < 4.78 is 49.4. The van der Waals surface area contributed by atoms with Crippen molar-refractivity contribution >= 4 is 23.5 Å². The molecule has 2 aliphatic rings. The topological polar surface area (TPSA) is 34.8 Å². The number of hydrogen-bond acceptors (Lipinski definition) is 5. The molecule has 0 radical (unpaired) electrons. The lowest BCUT2D eigenvalue weighted by Gasteiger charge is -2.38. The lowest BCUT2D eigenvalue weighted by atomic mass is 9.83. The molecule has 2 aliphatic heterocycles. The van der Waals surface area contributed by atoms with Crippen LogP contribution in [0.5, 0.6) is 5.75 Å². The second kappa shape index (κ2) is 13.5. The molecule has 3 unspecified atom stereocenters. The van der Waals surface area contributed by atoms with Crippen molar-refractivity contribution < 1.29 is 32.2 Å². The van der Waals surface area contributed by atoms with Crippen LogP contribution in [0.2, 0.25) is 5.02 Å². The van der Waals surface area contributed by atoms with E-state index in [1.807, 2.05) is 30.3 Å². The minimum Gasteiger partial charge on any atom is -0.406 e. The second-order valence-electron chi connectivity index (χ2n) is 9.77. The first-order chi connectivity index (χ1) is 19.2. The van der Waals surface area contributed by atoms with E-state index in [0.29, 0.717) is 11.1 Å². The van der Waals surface area contributed by atoms with E-state index in [4.69, 9.17) is 21.2 Å². The number of benzene rings is 2. The summed E-state index contributed by atoms with van der Waals surface area (Å²) >= 11 is 8.29. The van der Waals surface area contributed by atoms with Gasteiger partial charge in [0.15, 0.2) is 6.10 Å². The zero-order valence-corrected chi connectivity index (χ0v) is 24.4. The molecule has 0 N–H and O–H groups in total. The Balaban J connectivity index is 0.000000283. The Hall–Kier alpha value is -2.46. The quantitative estimate of drug-likeness (QED) is 0.225. The normalized spacial score (nSPS) is 23.0. The molecule has 216 valence electrons. The molecule has 1 saturated heterocycles. The summed E-state index contributed by atoms with van der Waals surface area (Å²) in [6.07, 6.45) is 1.46. The highest BCUT2D eigenvalue weighted by molar-refractivity contribution is 7.97. The van der Waals surface area contributed by atoms with Crippen LogP contribution in [0.4, 0.5) is 13.2 Å². The second-order valence-corrected chi connectivity index (χ2v) is 11.5. The number of alkyl halides is 3. The zero-order valence-electron chi connectivity index (χ0n) is 22.9. The summed E-state index contributed by atoms with van der Waals surface area (Å²) in [5, 5.41) is 0.687. The van der Waals surface area contributed by atoms with E-state index in [1.54, 1.807) is 17.9 Å². The van der Waals surface area contributed by atoms with Gasteiger partial charge in [-0.1, -0.05) is 72.9 Å². The number of para-hydroxylation sites is 1. The molecule has 3 heterocycles. The molecule has 5 nitrogen and oxygen atoms in total. The van der Waals surface area contributed by atoms with Crippen LogP contribution in [-0.2, 0) is 10.3 Å². The van der Waals surface area contributed by atoms with Crippen LogP contribution >= 0.6 is 23.5 Å². The number of halogens is 4. The van der Waals surface area contributed by atoms with Crippen LogP contribution in [0.25, 0.3) is 0 Å². The van der Waals surface area contributed by atoms with Gasteiger partial charge >= 0.3 is 6.36 Å². The first-order valence-corrected chi connectivity index (χ1v) is 14.7. The highest BCUT2D eigenvalue weighted by Gasteiger charge is 2.48. The Morgan fingerprint density at radius 1 is 1.10 bits per heavy atom. The Kier molecular flexibility index (Phi) is 10.3. The first kappa shape index (κ1) is 30.5. The summed E-state index contributed by atoms with van der Waals surface area (Å²) in [5.41, 5.74) is 3.22. The maximum absolute atomic E-state index is 11.5. The molecule has 10 heteroatoms. The van der Waals surface area contributed by atoms with Crippen molar-refractivity contribution in [3.05, 3.63) is 94.8 Å². The van der Waals surface area contributed by atoms with Gasteiger partial charge in [0, 0.05) is 35.2 Å². The summed E-state index contributed by atoms with van der Waals surface area (Å²) in [6, 6.07) is 20.1. The number of aromatic nitrogens is 1. The molecule has 3 aromatic rings. The predicted molar refractivity (Wildman–Crippen MR) is 151 cm³/mol. The van der Waals surface area contributed by atoms with Crippen molar-refractivity contribution in [2.75, 3.05) is 19.4 Å². The lowest BCUT2D eigenvalue weighted by Crippen LogP contribution is -2.45. The SMILES string of the molecule is CCSN1CCC2(CCCC1C)OC(c1cc(Cl)cc[n+]1OC)c1ccccc12.FC(F)(F)Oc1ccccc1. The smallest absolute Gasteiger partial charge is 0.406 e. The average molecular weight is 596 g/mol. The third-order valence-electron chi connectivity index (χ3n) is 7.15. The number of ether oxygens (including phenoxy) is 2. The highest BCUT2D eigenvalue weighted by Crippen LogP contribution is 2.51. The number of rotatable bonds is 5. The summed E-state index contributed by atoms with van der Waals surface area (Å²) in [4.78, 5) is 5.58. The van der Waals surface area contributed by atoms with Crippen LogP contribution in [0, 0.1) is 0 Å². The van der Waals surface area contributed by atoms with Gasteiger partial charge in [0.05, 0.1) is 10.6 Å². The molecule has 40 heavy (non-hydrogen) atoms. The minimum atomic E-state index is -4.60. The molecule has 1 aromatic heterocycles. The van der Waals surface area contributed by atoms with Gasteiger partial charge in [0.2, 0.25) is 6.20 Å².